The number of hydrogen-bond donors (Lipinski definition) is 0. The van der Waals surface area contributed by atoms with Crippen LogP contribution < -0.4 is 19.4 Å². The van der Waals surface area contributed by atoms with Crippen LogP contribution in [-0.4, -0.2) is 66.0 Å². The van der Waals surface area contributed by atoms with Gasteiger partial charge in [0.1, 0.15) is 17.9 Å². The molecule has 1 saturated heterocycles. The summed E-state index contributed by atoms with van der Waals surface area (Å²) in [5, 5.41) is 5.51. The summed E-state index contributed by atoms with van der Waals surface area (Å²) in [7, 11) is 3.46. The Morgan fingerprint density at radius 1 is 0.872 bits per heavy atom. The number of aromatic nitrogens is 4. The van der Waals surface area contributed by atoms with E-state index in [1.54, 1.807) is 25.4 Å². The standard InChI is InChI=1S/C30H29N7O2/c1-34(23-9-5-3-6-10-23)30(38)22-13-14-27(39-2)26(19-22)35-15-17-36(18-16-35)28-25-20-33-37(29(25)32-21-31-28)24-11-7-4-8-12-24/h3-14,19-21H,15-18H2,1-2H3. The first kappa shape index (κ1) is 24.4. The molecule has 0 N–H and O–H groups in total. The molecule has 39 heavy (non-hydrogen) atoms. The van der Waals surface area contributed by atoms with Gasteiger partial charge in [-0.05, 0) is 42.5 Å². The van der Waals surface area contributed by atoms with Gasteiger partial charge >= 0.3 is 0 Å². The number of anilines is 3. The van der Waals surface area contributed by atoms with Crippen molar-refractivity contribution in [3.8, 4) is 11.4 Å². The fourth-order valence-electron chi connectivity index (χ4n) is 5.03. The van der Waals surface area contributed by atoms with E-state index in [0.717, 1.165) is 65.8 Å². The largest absolute Gasteiger partial charge is 0.495 e. The Bertz CT molecular complexity index is 1600. The summed E-state index contributed by atoms with van der Waals surface area (Å²) in [6.07, 6.45) is 3.44. The number of methoxy groups -OCH3 is 1. The van der Waals surface area contributed by atoms with Crippen LogP contribution in [0.4, 0.5) is 17.2 Å². The Hall–Kier alpha value is -4.92. The summed E-state index contributed by atoms with van der Waals surface area (Å²) < 4.78 is 7.52. The maximum atomic E-state index is 13.3. The van der Waals surface area contributed by atoms with Gasteiger partial charge < -0.3 is 19.4 Å². The summed E-state index contributed by atoms with van der Waals surface area (Å²) in [5.41, 5.74) is 4.12. The summed E-state index contributed by atoms with van der Waals surface area (Å²) in [4.78, 5) is 28.6. The Labute approximate surface area is 226 Å². The fraction of sp³-hybridized carbons (Fsp3) is 0.200. The lowest BCUT2D eigenvalue weighted by molar-refractivity contribution is 0.0993. The highest BCUT2D eigenvalue weighted by Crippen LogP contribution is 2.32. The second kappa shape index (κ2) is 10.4. The van der Waals surface area contributed by atoms with E-state index in [1.165, 1.54) is 0 Å². The van der Waals surface area contributed by atoms with Gasteiger partial charge in [-0.25, -0.2) is 14.6 Å². The van der Waals surface area contributed by atoms with E-state index in [1.807, 2.05) is 89.7 Å². The van der Waals surface area contributed by atoms with Gasteiger partial charge in [-0.3, -0.25) is 4.79 Å². The molecular formula is C30H29N7O2. The Morgan fingerprint density at radius 3 is 2.28 bits per heavy atom. The summed E-state index contributed by atoms with van der Waals surface area (Å²) in [5.74, 6) is 1.56. The quantitative estimate of drug-likeness (QED) is 0.328. The van der Waals surface area contributed by atoms with E-state index in [0.29, 0.717) is 5.56 Å². The first-order valence-corrected chi connectivity index (χ1v) is 12.9. The highest BCUT2D eigenvalue weighted by atomic mass is 16.5. The van der Waals surface area contributed by atoms with Crippen LogP contribution in [-0.2, 0) is 0 Å². The zero-order chi connectivity index (χ0) is 26.8. The molecule has 1 amide bonds. The molecular weight excluding hydrogens is 490 g/mol. The van der Waals surface area contributed by atoms with Crippen LogP contribution in [0.15, 0.2) is 91.4 Å². The van der Waals surface area contributed by atoms with Crippen molar-refractivity contribution in [1.82, 2.24) is 19.7 Å². The molecule has 0 atom stereocenters. The van der Waals surface area contributed by atoms with Crippen LogP contribution in [0.2, 0.25) is 0 Å². The molecule has 1 aliphatic rings. The Kier molecular flexibility index (Phi) is 6.54. The van der Waals surface area contributed by atoms with Crippen LogP contribution in [0.25, 0.3) is 16.7 Å². The third-order valence-electron chi connectivity index (χ3n) is 7.14. The van der Waals surface area contributed by atoms with Crippen molar-refractivity contribution in [2.24, 2.45) is 0 Å². The molecule has 0 spiro atoms. The topological polar surface area (TPSA) is 79.6 Å². The van der Waals surface area contributed by atoms with Gasteiger partial charge in [0.05, 0.1) is 30.1 Å². The van der Waals surface area contributed by atoms with E-state index >= 15 is 0 Å². The van der Waals surface area contributed by atoms with Gasteiger partial charge in [0.2, 0.25) is 0 Å². The molecule has 0 unspecified atom stereocenters. The normalized spacial score (nSPS) is 13.5. The highest BCUT2D eigenvalue weighted by Gasteiger charge is 2.25. The second-order valence-corrected chi connectivity index (χ2v) is 9.39. The molecule has 6 rings (SSSR count). The lowest BCUT2D eigenvalue weighted by Gasteiger charge is -2.37. The molecule has 2 aromatic heterocycles. The van der Waals surface area contributed by atoms with Crippen molar-refractivity contribution >= 4 is 34.1 Å². The average molecular weight is 520 g/mol. The van der Waals surface area contributed by atoms with E-state index in [2.05, 4.69) is 24.9 Å². The highest BCUT2D eigenvalue weighted by molar-refractivity contribution is 6.06. The van der Waals surface area contributed by atoms with Crippen LogP contribution in [0.1, 0.15) is 10.4 Å². The van der Waals surface area contributed by atoms with Gasteiger partial charge in [-0.1, -0.05) is 36.4 Å². The van der Waals surface area contributed by atoms with Gasteiger partial charge in [-0.2, -0.15) is 5.10 Å². The lowest BCUT2D eigenvalue weighted by Crippen LogP contribution is -2.47. The molecule has 3 aromatic carbocycles. The number of nitrogens with zero attached hydrogens (tertiary/aromatic N) is 7. The van der Waals surface area contributed by atoms with Crippen LogP contribution in [0.3, 0.4) is 0 Å². The number of ether oxygens (including phenoxy) is 1. The summed E-state index contributed by atoms with van der Waals surface area (Å²) in [6, 6.07) is 25.3. The van der Waals surface area contributed by atoms with Crippen molar-refractivity contribution < 1.29 is 9.53 Å². The third-order valence-corrected chi connectivity index (χ3v) is 7.14. The predicted octanol–water partition coefficient (Wildman–Crippen LogP) is 4.43. The van der Waals surface area contributed by atoms with Crippen molar-refractivity contribution in [2.45, 2.75) is 0 Å². The molecule has 1 fully saturated rings. The monoisotopic (exact) mass is 519 g/mol. The Balaban J connectivity index is 1.22. The number of para-hydroxylation sites is 2. The molecule has 0 radical (unpaired) electrons. The van der Waals surface area contributed by atoms with Crippen molar-refractivity contribution in [1.29, 1.82) is 0 Å². The summed E-state index contributed by atoms with van der Waals surface area (Å²) >= 11 is 0. The van der Waals surface area contributed by atoms with E-state index < -0.39 is 0 Å². The molecule has 0 bridgehead atoms. The van der Waals surface area contributed by atoms with Gasteiger partial charge in [0, 0.05) is 44.5 Å². The molecule has 3 heterocycles. The molecule has 9 heteroatoms. The average Bonchev–Trinajstić information content (AvgIpc) is 3.45. The maximum Gasteiger partial charge on any atom is 0.258 e. The zero-order valence-corrected chi connectivity index (χ0v) is 21.9. The number of carbonyl (C=O) groups excluding carboxylic acids is 1. The number of fused-ring (bicyclic) bond motifs is 1. The van der Waals surface area contributed by atoms with Crippen molar-refractivity contribution in [3.05, 3.63) is 97.0 Å². The van der Waals surface area contributed by atoms with Crippen LogP contribution >= 0.6 is 0 Å². The molecule has 9 nitrogen and oxygen atoms in total. The fourth-order valence-corrected chi connectivity index (χ4v) is 5.03. The molecule has 0 aliphatic carbocycles. The number of piperazine rings is 1. The number of carbonyl (C=O) groups is 1. The molecule has 1 aliphatic heterocycles. The smallest absolute Gasteiger partial charge is 0.258 e. The molecule has 196 valence electrons. The molecule has 5 aromatic rings. The predicted molar refractivity (Wildman–Crippen MR) is 153 cm³/mol. The number of hydrogen-bond acceptors (Lipinski definition) is 7. The summed E-state index contributed by atoms with van der Waals surface area (Å²) in [6.45, 7) is 3.02. The van der Waals surface area contributed by atoms with Crippen molar-refractivity contribution in [2.75, 3.05) is 55.0 Å². The number of amides is 1. The van der Waals surface area contributed by atoms with E-state index in [-0.39, 0.29) is 5.91 Å². The minimum absolute atomic E-state index is 0.0671. The minimum atomic E-state index is -0.0671. The van der Waals surface area contributed by atoms with Gasteiger partial charge in [0.25, 0.3) is 5.91 Å². The number of benzene rings is 3. The minimum Gasteiger partial charge on any atom is -0.495 e. The lowest BCUT2D eigenvalue weighted by atomic mass is 10.1. The van der Waals surface area contributed by atoms with Crippen molar-refractivity contribution in [3.63, 3.8) is 0 Å². The van der Waals surface area contributed by atoms with Crippen LogP contribution in [0, 0.1) is 0 Å². The second-order valence-electron chi connectivity index (χ2n) is 9.39. The van der Waals surface area contributed by atoms with Gasteiger partial charge in [0.15, 0.2) is 5.65 Å². The van der Waals surface area contributed by atoms with Gasteiger partial charge in [-0.15, -0.1) is 0 Å². The Morgan fingerprint density at radius 2 is 1.56 bits per heavy atom. The SMILES string of the molecule is COc1ccc(C(=O)N(C)c2ccccc2)cc1N1CCN(c2ncnc3c2cnn3-c2ccccc2)CC1. The first-order valence-electron chi connectivity index (χ1n) is 12.9. The zero-order valence-electron chi connectivity index (χ0n) is 21.9. The first-order chi connectivity index (χ1) is 19.1. The van der Waals surface area contributed by atoms with E-state index in [9.17, 15) is 4.79 Å². The number of rotatable bonds is 6. The third kappa shape index (κ3) is 4.63. The van der Waals surface area contributed by atoms with Crippen LogP contribution in [0.5, 0.6) is 5.75 Å². The van der Waals surface area contributed by atoms with E-state index in [4.69, 9.17) is 4.74 Å². The molecule has 0 saturated carbocycles. The maximum absolute atomic E-state index is 13.3.